The van der Waals surface area contributed by atoms with Crippen LogP contribution < -0.4 is 0 Å². The Labute approximate surface area is 141 Å². The molecule has 6 heteroatoms. The lowest BCUT2D eigenvalue weighted by Crippen LogP contribution is -2.46. The molecule has 0 spiro atoms. The van der Waals surface area contributed by atoms with Gasteiger partial charge in [0.15, 0.2) is 0 Å². The zero-order valence-corrected chi connectivity index (χ0v) is 14.0. The predicted molar refractivity (Wildman–Crippen MR) is 87.2 cm³/mol. The highest BCUT2D eigenvalue weighted by atomic mass is 16.6. The van der Waals surface area contributed by atoms with E-state index >= 15 is 0 Å². The van der Waals surface area contributed by atoms with Crippen LogP contribution in [0.1, 0.15) is 32.3 Å². The van der Waals surface area contributed by atoms with Crippen LogP contribution in [0.4, 0.5) is 4.79 Å². The number of ketones is 1. The molecule has 0 saturated carbocycles. The molecule has 0 unspecified atom stereocenters. The summed E-state index contributed by atoms with van der Waals surface area (Å²) >= 11 is 0. The van der Waals surface area contributed by atoms with Crippen LogP contribution in [-0.2, 0) is 20.7 Å². The Morgan fingerprint density at radius 3 is 2.58 bits per heavy atom. The van der Waals surface area contributed by atoms with Crippen LogP contribution >= 0.6 is 0 Å². The molecule has 1 heterocycles. The summed E-state index contributed by atoms with van der Waals surface area (Å²) in [6.45, 7) is 3.25. The van der Waals surface area contributed by atoms with Crippen LogP contribution in [-0.4, -0.2) is 46.5 Å². The van der Waals surface area contributed by atoms with E-state index in [1.165, 1.54) is 6.92 Å². The Bertz CT molecular complexity index is 601. The van der Waals surface area contributed by atoms with E-state index in [1.54, 1.807) is 6.92 Å². The molecule has 1 aliphatic heterocycles. The molecular weight excluding hydrogens is 310 g/mol. The van der Waals surface area contributed by atoms with E-state index in [9.17, 15) is 19.5 Å². The van der Waals surface area contributed by atoms with Gasteiger partial charge in [-0.25, -0.2) is 9.69 Å². The van der Waals surface area contributed by atoms with Gasteiger partial charge in [-0.2, -0.15) is 0 Å². The van der Waals surface area contributed by atoms with E-state index in [-0.39, 0.29) is 18.8 Å². The first-order valence-corrected chi connectivity index (χ1v) is 8.15. The number of carbonyl (C=O) groups is 3. The first-order chi connectivity index (χ1) is 11.4. The maximum Gasteiger partial charge on any atom is 0.416 e. The van der Waals surface area contributed by atoms with E-state index in [0.717, 1.165) is 10.5 Å². The summed E-state index contributed by atoms with van der Waals surface area (Å²) in [5, 5.41) is 10.2. The fourth-order valence-electron chi connectivity index (χ4n) is 2.99. The lowest BCUT2D eigenvalue weighted by atomic mass is 9.93. The average molecular weight is 333 g/mol. The van der Waals surface area contributed by atoms with Crippen molar-refractivity contribution < 1.29 is 24.2 Å². The van der Waals surface area contributed by atoms with Gasteiger partial charge in [-0.15, -0.1) is 0 Å². The SMILES string of the molecule is CC[C@@H](C(=O)N1C(=O)OC[C@H]1Cc1ccccc1)[C@@H](O)CC(C)=O. The second kappa shape index (κ2) is 8.06. The molecule has 3 atom stereocenters. The molecular formula is C18H23NO5. The quantitative estimate of drug-likeness (QED) is 0.824. The minimum absolute atomic E-state index is 0.101. The summed E-state index contributed by atoms with van der Waals surface area (Å²) in [6, 6.07) is 9.13. The number of amides is 2. The monoisotopic (exact) mass is 333 g/mol. The highest BCUT2D eigenvalue weighted by Gasteiger charge is 2.42. The van der Waals surface area contributed by atoms with Crippen molar-refractivity contribution in [1.29, 1.82) is 0 Å². The standard InChI is InChI=1S/C18H23NO5/c1-3-15(16(21)9-12(2)20)17(22)19-14(11-24-18(19)23)10-13-7-5-4-6-8-13/h4-8,14-16,21H,3,9-11H2,1-2H3/t14-,15-,16+/m1/s1. The number of carbonyl (C=O) groups excluding carboxylic acids is 3. The summed E-state index contributed by atoms with van der Waals surface area (Å²) in [6.07, 6.45) is -1.04. The number of rotatable bonds is 7. The van der Waals surface area contributed by atoms with Gasteiger partial charge < -0.3 is 9.84 Å². The highest BCUT2D eigenvalue weighted by Crippen LogP contribution is 2.23. The van der Waals surface area contributed by atoms with Crippen LogP contribution in [0.25, 0.3) is 0 Å². The number of Topliss-reactive ketones (excluding diaryl/α,β-unsaturated/α-hetero) is 1. The Morgan fingerprint density at radius 1 is 1.33 bits per heavy atom. The van der Waals surface area contributed by atoms with E-state index in [0.29, 0.717) is 12.8 Å². The second-order valence-corrected chi connectivity index (χ2v) is 6.12. The number of nitrogens with zero attached hydrogens (tertiary/aromatic N) is 1. The van der Waals surface area contributed by atoms with E-state index in [2.05, 4.69) is 0 Å². The number of hydrogen-bond donors (Lipinski definition) is 1. The van der Waals surface area contributed by atoms with Gasteiger partial charge >= 0.3 is 6.09 Å². The van der Waals surface area contributed by atoms with Crippen molar-refractivity contribution in [2.75, 3.05) is 6.61 Å². The number of aliphatic hydroxyl groups is 1. The van der Waals surface area contributed by atoms with Crippen molar-refractivity contribution in [3.63, 3.8) is 0 Å². The third-order valence-corrected chi connectivity index (χ3v) is 4.23. The van der Waals surface area contributed by atoms with Crippen LogP contribution in [0.2, 0.25) is 0 Å². The fraction of sp³-hybridized carbons (Fsp3) is 0.500. The van der Waals surface area contributed by atoms with Crippen LogP contribution in [0.5, 0.6) is 0 Å². The average Bonchev–Trinajstić information content (AvgIpc) is 2.88. The van der Waals surface area contributed by atoms with Gasteiger partial charge in [-0.1, -0.05) is 37.3 Å². The molecule has 0 radical (unpaired) electrons. The molecule has 0 aromatic heterocycles. The maximum atomic E-state index is 12.8. The van der Waals surface area contributed by atoms with E-state index < -0.39 is 30.1 Å². The fourth-order valence-corrected chi connectivity index (χ4v) is 2.99. The molecule has 0 aliphatic carbocycles. The summed E-state index contributed by atoms with van der Waals surface area (Å²) in [5.41, 5.74) is 0.996. The molecule has 1 aliphatic rings. The molecule has 2 rings (SSSR count). The van der Waals surface area contributed by atoms with Crippen molar-refractivity contribution in [2.24, 2.45) is 5.92 Å². The summed E-state index contributed by atoms with van der Waals surface area (Å²) in [4.78, 5) is 37.1. The zero-order valence-electron chi connectivity index (χ0n) is 14.0. The normalized spacial score (nSPS) is 19.7. The van der Waals surface area contributed by atoms with E-state index in [1.807, 2.05) is 30.3 Å². The molecule has 6 nitrogen and oxygen atoms in total. The highest BCUT2D eigenvalue weighted by molar-refractivity contribution is 5.95. The lowest BCUT2D eigenvalue weighted by Gasteiger charge is -2.26. The third-order valence-electron chi connectivity index (χ3n) is 4.23. The lowest BCUT2D eigenvalue weighted by molar-refractivity contribution is -0.138. The summed E-state index contributed by atoms with van der Waals surface area (Å²) < 4.78 is 5.04. The van der Waals surface area contributed by atoms with Crippen LogP contribution in [0.15, 0.2) is 30.3 Å². The van der Waals surface area contributed by atoms with Gasteiger partial charge in [-0.3, -0.25) is 9.59 Å². The molecule has 1 aromatic carbocycles. The Kier molecular flexibility index (Phi) is 6.09. The Morgan fingerprint density at radius 2 is 2.00 bits per heavy atom. The number of cyclic esters (lactones) is 1. The third kappa shape index (κ3) is 4.20. The number of ether oxygens (including phenoxy) is 1. The number of benzene rings is 1. The van der Waals surface area contributed by atoms with Gasteiger partial charge in [0, 0.05) is 6.42 Å². The first kappa shape index (κ1) is 18.1. The molecule has 1 N–H and O–H groups in total. The van der Waals surface area contributed by atoms with Gasteiger partial charge in [0.1, 0.15) is 12.4 Å². The van der Waals surface area contributed by atoms with E-state index in [4.69, 9.17) is 4.74 Å². The summed E-state index contributed by atoms with van der Waals surface area (Å²) in [7, 11) is 0. The van der Waals surface area contributed by atoms with Crippen LogP contribution in [0.3, 0.4) is 0 Å². The van der Waals surface area contributed by atoms with Crippen molar-refractivity contribution in [3.8, 4) is 0 Å². The molecule has 1 fully saturated rings. The molecule has 2 amide bonds. The smallest absolute Gasteiger partial charge is 0.416 e. The summed E-state index contributed by atoms with van der Waals surface area (Å²) in [5.74, 6) is -1.47. The van der Waals surface area contributed by atoms with Crippen molar-refractivity contribution in [2.45, 2.75) is 45.3 Å². The van der Waals surface area contributed by atoms with Crippen molar-refractivity contribution >= 4 is 17.8 Å². The minimum atomic E-state index is -1.09. The van der Waals surface area contributed by atoms with Crippen molar-refractivity contribution in [3.05, 3.63) is 35.9 Å². The second-order valence-electron chi connectivity index (χ2n) is 6.12. The van der Waals surface area contributed by atoms with Gasteiger partial charge in [-0.05, 0) is 25.3 Å². The molecule has 130 valence electrons. The number of imide groups is 1. The molecule has 0 bridgehead atoms. The molecule has 1 saturated heterocycles. The van der Waals surface area contributed by atoms with Gasteiger partial charge in [0.25, 0.3) is 0 Å². The topological polar surface area (TPSA) is 83.9 Å². The van der Waals surface area contributed by atoms with Crippen LogP contribution in [0, 0.1) is 5.92 Å². The molecule has 1 aromatic rings. The Balaban J connectivity index is 2.14. The minimum Gasteiger partial charge on any atom is -0.447 e. The predicted octanol–water partition coefficient (Wildman–Crippen LogP) is 1.94. The van der Waals surface area contributed by atoms with Gasteiger partial charge in [0.05, 0.1) is 18.1 Å². The first-order valence-electron chi connectivity index (χ1n) is 8.15. The number of aliphatic hydroxyl groups excluding tert-OH is 1. The Hall–Kier alpha value is -2.21. The maximum absolute atomic E-state index is 12.8. The van der Waals surface area contributed by atoms with Crippen molar-refractivity contribution in [1.82, 2.24) is 4.90 Å². The largest absolute Gasteiger partial charge is 0.447 e. The zero-order chi connectivity index (χ0) is 17.7. The molecule has 24 heavy (non-hydrogen) atoms. The van der Waals surface area contributed by atoms with Gasteiger partial charge in [0.2, 0.25) is 5.91 Å². The number of hydrogen-bond acceptors (Lipinski definition) is 5.